The normalized spacial score (nSPS) is 33.4. The van der Waals surface area contributed by atoms with E-state index < -0.39 is 22.6 Å². The molecule has 3 aliphatic rings. The average Bonchev–Trinajstić information content (AvgIpc) is 3.10. The Hall–Kier alpha value is -2.90. The summed E-state index contributed by atoms with van der Waals surface area (Å²) in [7, 11) is 1.64. The lowest BCUT2D eigenvalue weighted by Gasteiger charge is -2.62. The summed E-state index contributed by atoms with van der Waals surface area (Å²) >= 11 is 0. The van der Waals surface area contributed by atoms with Crippen LogP contribution in [0.5, 0.6) is 5.75 Å². The molecule has 2 aromatic rings. The maximum absolute atomic E-state index is 13.0. The van der Waals surface area contributed by atoms with Crippen LogP contribution in [-0.2, 0) is 16.8 Å². The Morgan fingerprint density at radius 3 is 2.56 bits per heavy atom. The molecule has 1 aliphatic carbocycles. The number of benzene rings is 2. The number of hydrogen-bond acceptors (Lipinski definition) is 5. The van der Waals surface area contributed by atoms with Gasteiger partial charge in [-0.3, -0.25) is 15.0 Å². The van der Waals surface area contributed by atoms with Crippen LogP contribution >= 0.6 is 0 Å². The number of nitrogens with one attached hydrogen (secondary N) is 2. The Kier molecular flexibility index (Phi) is 5.45. The molecule has 3 amide bonds. The summed E-state index contributed by atoms with van der Waals surface area (Å²) in [5, 5.41) is 17.9. The summed E-state index contributed by atoms with van der Waals surface area (Å²) in [4.78, 5) is 27.5. The van der Waals surface area contributed by atoms with Crippen molar-refractivity contribution < 1.29 is 19.4 Å². The first kappa shape index (κ1) is 22.9. The first-order valence-electron chi connectivity index (χ1n) is 12.0. The molecule has 7 nitrogen and oxygen atoms in total. The smallest absolute Gasteiger partial charge is 0.322 e. The van der Waals surface area contributed by atoms with E-state index in [1.54, 1.807) is 7.11 Å². The lowest BCUT2D eigenvalue weighted by molar-refractivity contribution is -0.172. The van der Waals surface area contributed by atoms with E-state index in [9.17, 15) is 14.7 Å². The molecule has 4 unspecified atom stereocenters. The molecule has 34 heavy (non-hydrogen) atoms. The number of aryl methyl sites for hydroxylation is 1. The Morgan fingerprint density at radius 2 is 1.88 bits per heavy atom. The highest BCUT2D eigenvalue weighted by molar-refractivity contribution is 6.07. The van der Waals surface area contributed by atoms with Crippen molar-refractivity contribution in [2.45, 2.75) is 68.7 Å². The van der Waals surface area contributed by atoms with Crippen molar-refractivity contribution in [3.63, 3.8) is 0 Å². The zero-order chi connectivity index (χ0) is 24.1. The van der Waals surface area contributed by atoms with Crippen LogP contribution in [0.4, 0.5) is 4.79 Å². The number of ether oxygens (including phenoxy) is 1. The number of hydrogen-bond donors (Lipinski definition) is 3. The molecule has 5 rings (SSSR count). The van der Waals surface area contributed by atoms with E-state index in [-0.39, 0.29) is 11.9 Å². The first-order valence-corrected chi connectivity index (χ1v) is 12.0. The second-order valence-corrected chi connectivity index (χ2v) is 10.2. The third-order valence-corrected chi connectivity index (χ3v) is 8.63. The van der Waals surface area contributed by atoms with Crippen LogP contribution < -0.4 is 15.4 Å². The van der Waals surface area contributed by atoms with Gasteiger partial charge >= 0.3 is 6.03 Å². The third-order valence-electron chi connectivity index (χ3n) is 8.63. The SMILES string of the molecule is COc1ccc(C)c(C23CCN(Cc4ccccc4)C(C)C2(O)CCC2(C3)NC(=O)NC2=O)c1. The second-order valence-electron chi connectivity index (χ2n) is 10.2. The lowest BCUT2D eigenvalue weighted by atomic mass is 9.49. The number of aliphatic hydroxyl groups is 1. The number of imide groups is 1. The summed E-state index contributed by atoms with van der Waals surface area (Å²) in [5.74, 6) is 0.426. The second kappa shape index (κ2) is 8.10. The molecule has 0 aromatic heterocycles. The topological polar surface area (TPSA) is 90.9 Å². The average molecular weight is 464 g/mol. The standard InChI is InChI=1S/C27H33N3O4/c1-18-9-10-21(34-3)15-22(18)25-13-14-30(16-20-7-5-4-6-8-20)19(2)27(25,33)12-11-26(17-25)23(31)28-24(32)29-26/h4-10,15,19,33H,11-14,16-17H2,1-3H3,(H2,28,29,31,32). The molecule has 2 heterocycles. The summed E-state index contributed by atoms with van der Waals surface area (Å²) < 4.78 is 5.55. The van der Waals surface area contributed by atoms with Crippen molar-refractivity contribution in [1.29, 1.82) is 0 Å². The molecule has 3 fully saturated rings. The molecule has 180 valence electrons. The van der Waals surface area contributed by atoms with Crippen molar-refractivity contribution in [1.82, 2.24) is 15.5 Å². The third kappa shape index (κ3) is 3.33. The molecule has 7 heteroatoms. The first-order chi connectivity index (χ1) is 16.2. The van der Waals surface area contributed by atoms with Gasteiger partial charge in [-0.05, 0) is 74.9 Å². The van der Waals surface area contributed by atoms with Gasteiger partial charge < -0.3 is 15.2 Å². The zero-order valence-corrected chi connectivity index (χ0v) is 20.1. The largest absolute Gasteiger partial charge is 0.497 e. The summed E-state index contributed by atoms with van der Waals surface area (Å²) in [6, 6.07) is 15.6. The fraction of sp³-hybridized carbons (Fsp3) is 0.481. The van der Waals surface area contributed by atoms with Crippen molar-refractivity contribution >= 4 is 11.9 Å². The molecule has 3 N–H and O–H groups in total. The van der Waals surface area contributed by atoms with Gasteiger partial charge in [0.1, 0.15) is 11.3 Å². The van der Waals surface area contributed by atoms with Gasteiger partial charge in [0.05, 0.1) is 12.7 Å². The van der Waals surface area contributed by atoms with Crippen LogP contribution in [0.25, 0.3) is 0 Å². The van der Waals surface area contributed by atoms with Crippen LogP contribution in [0.2, 0.25) is 0 Å². The highest BCUT2D eigenvalue weighted by Crippen LogP contribution is 2.58. The van der Waals surface area contributed by atoms with Gasteiger partial charge in [0.15, 0.2) is 0 Å². The number of carbonyl (C=O) groups is 2. The van der Waals surface area contributed by atoms with E-state index >= 15 is 0 Å². The van der Waals surface area contributed by atoms with Gasteiger partial charge in [0, 0.05) is 18.0 Å². The number of amides is 3. The predicted octanol–water partition coefficient (Wildman–Crippen LogP) is 3.03. The van der Waals surface area contributed by atoms with Crippen molar-refractivity contribution in [3.05, 3.63) is 65.2 Å². The monoisotopic (exact) mass is 463 g/mol. The Labute approximate surface area is 200 Å². The number of piperidine rings is 1. The molecule has 4 atom stereocenters. The zero-order valence-electron chi connectivity index (χ0n) is 20.1. The molecular formula is C27H33N3O4. The maximum Gasteiger partial charge on any atom is 0.322 e. The molecule has 0 radical (unpaired) electrons. The van der Waals surface area contributed by atoms with Gasteiger partial charge in [-0.1, -0.05) is 36.4 Å². The fourth-order valence-corrected chi connectivity index (χ4v) is 6.71. The predicted molar refractivity (Wildman–Crippen MR) is 129 cm³/mol. The van der Waals surface area contributed by atoms with Gasteiger partial charge in [0.2, 0.25) is 0 Å². The highest BCUT2D eigenvalue weighted by Gasteiger charge is 2.67. The highest BCUT2D eigenvalue weighted by atomic mass is 16.5. The van der Waals surface area contributed by atoms with Crippen LogP contribution in [0.3, 0.4) is 0 Å². The van der Waals surface area contributed by atoms with Crippen molar-refractivity contribution in [2.75, 3.05) is 13.7 Å². The number of rotatable bonds is 4. The molecule has 2 saturated heterocycles. The summed E-state index contributed by atoms with van der Waals surface area (Å²) in [5.41, 5.74) is 0.428. The number of nitrogens with zero attached hydrogens (tertiary/aromatic N) is 1. The van der Waals surface area contributed by atoms with Crippen LogP contribution in [0, 0.1) is 6.92 Å². The Morgan fingerprint density at radius 1 is 1.12 bits per heavy atom. The van der Waals surface area contributed by atoms with Gasteiger partial charge in [-0.25, -0.2) is 4.79 Å². The molecule has 1 spiro atoms. The number of methoxy groups -OCH3 is 1. The minimum Gasteiger partial charge on any atom is -0.497 e. The van der Waals surface area contributed by atoms with E-state index in [1.165, 1.54) is 5.56 Å². The molecular weight excluding hydrogens is 430 g/mol. The number of fused-ring (bicyclic) bond motifs is 1. The van der Waals surface area contributed by atoms with Crippen molar-refractivity contribution in [2.24, 2.45) is 0 Å². The summed E-state index contributed by atoms with van der Waals surface area (Å²) in [6.45, 7) is 5.65. The van der Waals surface area contributed by atoms with E-state index in [1.807, 2.05) is 43.3 Å². The molecule has 1 saturated carbocycles. The summed E-state index contributed by atoms with van der Waals surface area (Å²) in [6.07, 6.45) is 1.82. The number of likely N-dealkylation sites (tertiary alicyclic amines) is 1. The quantitative estimate of drug-likeness (QED) is 0.607. The van der Waals surface area contributed by atoms with Crippen LogP contribution in [0.1, 0.15) is 49.3 Å². The Balaban J connectivity index is 1.60. The molecule has 2 aromatic carbocycles. The minimum atomic E-state index is -1.09. The molecule has 0 bridgehead atoms. The Bertz CT molecular complexity index is 1120. The lowest BCUT2D eigenvalue weighted by Crippen LogP contribution is -2.73. The van der Waals surface area contributed by atoms with Gasteiger partial charge in [0.25, 0.3) is 5.91 Å². The van der Waals surface area contributed by atoms with Crippen LogP contribution in [0.15, 0.2) is 48.5 Å². The van der Waals surface area contributed by atoms with Crippen molar-refractivity contribution in [3.8, 4) is 5.75 Å². The van der Waals surface area contributed by atoms with E-state index in [4.69, 9.17) is 4.74 Å². The maximum atomic E-state index is 13.0. The molecule has 2 aliphatic heterocycles. The fourth-order valence-electron chi connectivity index (χ4n) is 6.71. The number of urea groups is 1. The van der Waals surface area contributed by atoms with Gasteiger partial charge in [-0.15, -0.1) is 0 Å². The van der Waals surface area contributed by atoms with E-state index in [0.717, 1.165) is 30.0 Å². The number of carbonyl (C=O) groups excluding carboxylic acids is 2. The minimum absolute atomic E-state index is 0.149. The van der Waals surface area contributed by atoms with Gasteiger partial charge in [-0.2, -0.15) is 0 Å². The van der Waals surface area contributed by atoms with E-state index in [2.05, 4.69) is 34.6 Å². The van der Waals surface area contributed by atoms with Crippen LogP contribution in [-0.4, -0.2) is 52.8 Å². The van der Waals surface area contributed by atoms with E-state index in [0.29, 0.717) is 25.7 Å².